The molecular formula is C17H27NO. The minimum Gasteiger partial charge on any atom is -0.492 e. The first-order valence-electron chi connectivity index (χ1n) is 7.61. The lowest BCUT2D eigenvalue weighted by Gasteiger charge is -2.23. The number of ether oxygens (including phenoxy) is 1. The van der Waals surface area contributed by atoms with Crippen molar-refractivity contribution in [1.82, 2.24) is 5.32 Å². The normalized spacial score (nSPS) is 16.6. The van der Waals surface area contributed by atoms with Gasteiger partial charge < -0.3 is 10.1 Å². The molecule has 1 aromatic carbocycles. The third-order valence-corrected chi connectivity index (χ3v) is 4.26. The maximum Gasteiger partial charge on any atom is 0.125 e. The van der Waals surface area contributed by atoms with Crippen LogP contribution in [0.3, 0.4) is 0 Å². The summed E-state index contributed by atoms with van der Waals surface area (Å²) in [6, 6.07) is 5.03. The SMILES string of the molecule is Cc1ccc(C)c(OCCNC2CCCCC2)c1C. The van der Waals surface area contributed by atoms with Crippen molar-refractivity contribution in [3.63, 3.8) is 0 Å². The van der Waals surface area contributed by atoms with Crippen molar-refractivity contribution >= 4 is 0 Å². The summed E-state index contributed by atoms with van der Waals surface area (Å²) in [5.74, 6) is 1.07. The number of benzene rings is 1. The molecule has 0 bridgehead atoms. The molecule has 1 fully saturated rings. The summed E-state index contributed by atoms with van der Waals surface area (Å²) >= 11 is 0. The molecule has 0 amide bonds. The first-order valence-corrected chi connectivity index (χ1v) is 7.61. The summed E-state index contributed by atoms with van der Waals surface area (Å²) in [7, 11) is 0. The van der Waals surface area contributed by atoms with Gasteiger partial charge in [-0.1, -0.05) is 31.4 Å². The predicted molar refractivity (Wildman–Crippen MR) is 81.0 cm³/mol. The molecule has 0 heterocycles. The van der Waals surface area contributed by atoms with Crippen LogP contribution in [-0.4, -0.2) is 19.2 Å². The minimum absolute atomic E-state index is 0.719. The Kier molecular flexibility index (Phi) is 5.26. The molecule has 1 aliphatic carbocycles. The van der Waals surface area contributed by atoms with E-state index in [9.17, 15) is 0 Å². The molecule has 2 rings (SSSR count). The molecule has 0 aromatic heterocycles. The summed E-state index contributed by atoms with van der Waals surface area (Å²) in [4.78, 5) is 0. The Morgan fingerprint density at radius 2 is 1.74 bits per heavy atom. The van der Waals surface area contributed by atoms with E-state index in [1.807, 2.05) is 0 Å². The molecule has 0 saturated heterocycles. The van der Waals surface area contributed by atoms with Gasteiger partial charge in [0.25, 0.3) is 0 Å². The van der Waals surface area contributed by atoms with Crippen molar-refractivity contribution in [2.75, 3.05) is 13.2 Å². The Morgan fingerprint density at radius 3 is 2.47 bits per heavy atom. The number of aryl methyl sites for hydroxylation is 2. The summed E-state index contributed by atoms with van der Waals surface area (Å²) in [5, 5.41) is 3.62. The third kappa shape index (κ3) is 3.97. The molecule has 0 atom stereocenters. The predicted octanol–water partition coefficient (Wildman–Crippen LogP) is 3.91. The van der Waals surface area contributed by atoms with Crippen LogP contribution in [0.15, 0.2) is 12.1 Å². The zero-order valence-corrected chi connectivity index (χ0v) is 12.6. The summed E-state index contributed by atoms with van der Waals surface area (Å²) in [6.07, 6.45) is 6.85. The fraction of sp³-hybridized carbons (Fsp3) is 0.647. The highest BCUT2D eigenvalue weighted by atomic mass is 16.5. The molecule has 1 saturated carbocycles. The summed E-state index contributed by atoms with van der Waals surface area (Å²) in [5.41, 5.74) is 3.82. The van der Waals surface area contributed by atoms with Crippen molar-refractivity contribution in [3.05, 3.63) is 28.8 Å². The monoisotopic (exact) mass is 261 g/mol. The Bertz CT molecular complexity index is 408. The van der Waals surface area contributed by atoms with E-state index >= 15 is 0 Å². The van der Waals surface area contributed by atoms with Crippen molar-refractivity contribution in [1.29, 1.82) is 0 Å². The maximum atomic E-state index is 5.98. The van der Waals surface area contributed by atoms with Crippen LogP contribution in [0.5, 0.6) is 5.75 Å². The molecule has 19 heavy (non-hydrogen) atoms. The van der Waals surface area contributed by atoms with Crippen LogP contribution in [-0.2, 0) is 0 Å². The van der Waals surface area contributed by atoms with Gasteiger partial charge in [-0.15, -0.1) is 0 Å². The molecule has 1 N–H and O–H groups in total. The van der Waals surface area contributed by atoms with Crippen LogP contribution >= 0.6 is 0 Å². The fourth-order valence-corrected chi connectivity index (χ4v) is 2.87. The van der Waals surface area contributed by atoms with E-state index in [2.05, 4.69) is 38.2 Å². The molecule has 2 heteroatoms. The van der Waals surface area contributed by atoms with Gasteiger partial charge in [0.2, 0.25) is 0 Å². The molecule has 2 nitrogen and oxygen atoms in total. The Morgan fingerprint density at radius 1 is 1.05 bits per heavy atom. The number of rotatable bonds is 5. The van der Waals surface area contributed by atoms with E-state index in [4.69, 9.17) is 4.74 Å². The minimum atomic E-state index is 0.719. The van der Waals surface area contributed by atoms with Gasteiger partial charge in [-0.3, -0.25) is 0 Å². The molecular weight excluding hydrogens is 234 g/mol. The van der Waals surface area contributed by atoms with E-state index in [0.717, 1.165) is 24.9 Å². The lowest BCUT2D eigenvalue weighted by Crippen LogP contribution is -2.34. The van der Waals surface area contributed by atoms with E-state index in [0.29, 0.717) is 0 Å². The van der Waals surface area contributed by atoms with Crippen LogP contribution in [0.2, 0.25) is 0 Å². The van der Waals surface area contributed by atoms with Gasteiger partial charge >= 0.3 is 0 Å². The average Bonchev–Trinajstić information content (AvgIpc) is 2.43. The van der Waals surface area contributed by atoms with Crippen LogP contribution in [0.4, 0.5) is 0 Å². The van der Waals surface area contributed by atoms with E-state index in [1.165, 1.54) is 48.8 Å². The molecule has 0 aliphatic heterocycles. The topological polar surface area (TPSA) is 21.3 Å². The van der Waals surface area contributed by atoms with E-state index in [1.54, 1.807) is 0 Å². The van der Waals surface area contributed by atoms with Crippen molar-refractivity contribution in [2.45, 2.75) is 58.9 Å². The smallest absolute Gasteiger partial charge is 0.125 e. The second-order valence-electron chi connectivity index (χ2n) is 5.79. The second kappa shape index (κ2) is 6.95. The van der Waals surface area contributed by atoms with Crippen LogP contribution in [0.25, 0.3) is 0 Å². The summed E-state index contributed by atoms with van der Waals surface area (Å²) < 4.78 is 5.98. The molecule has 0 radical (unpaired) electrons. The van der Waals surface area contributed by atoms with Crippen LogP contribution in [0, 0.1) is 20.8 Å². The van der Waals surface area contributed by atoms with Gasteiger partial charge in [0, 0.05) is 12.6 Å². The van der Waals surface area contributed by atoms with Crippen LogP contribution < -0.4 is 10.1 Å². The first kappa shape index (κ1) is 14.4. The molecule has 1 aliphatic rings. The number of hydrogen-bond acceptors (Lipinski definition) is 2. The lowest BCUT2D eigenvalue weighted by atomic mass is 9.96. The van der Waals surface area contributed by atoms with Crippen molar-refractivity contribution in [3.8, 4) is 5.75 Å². The summed E-state index contributed by atoms with van der Waals surface area (Å²) in [6.45, 7) is 8.13. The number of hydrogen-bond donors (Lipinski definition) is 1. The van der Waals surface area contributed by atoms with E-state index in [-0.39, 0.29) is 0 Å². The largest absolute Gasteiger partial charge is 0.492 e. The molecule has 106 valence electrons. The second-order valence-corrected chi connectivity index (χ2v) is 5.79. The standard InChI is InChI=1S/C17H27NO/c1-13-9-10-14(2)17(15(13)3)19-12-11-18-16-7-5-4-6-8-16/h9-10,16,18H,4-8,11-12H2,1-3H3. The Balaban J connectivity index is 1.77. The third-order valence-electron chi connectivity index (χ3n) is 4.26. The van der Waals surface area contributed by atoms with Gasteiger partial charge in [-0.05, 0) is 50.3 Å². The number of nitrogens with one attached hydrogen (secondary N) is 1. The van der Waals surface area contributed by atoms with Gasteiger partial charge in [0.05, 0.1) is 0 Å². The van der Waals surface area contributed by atoms with Crippen molar-refractivity contribution in [2.24, 2.45) is 0 Å². The highest BCUT2D eigenvalue weighted by Crippen LogP contribution is 2.25. The first-order chi connectivity index (χ1) is 9.18. The van der Waals surface area contributed by atoms with Gasteiger partial charge in [-0.25, -0.2) is 0 Å². The maximum absolute atomic E-state index is 5.98. The lowest BCUT2D eigenvalue weighted by molar-refractivity contribution is 0.286. The quantitative estimate of drug-likeness (QED) is 0.811. The highest BCUT2D eigenvalue weighted by Gasteiger charge is 2.12. The molecule has 0 spiro atoms. The van der Waals surface area contributed by atoms with Gasteiger partial charge in [-0.2, -0.15) is 0 Å². The van der Waals surface area contributed by atoms with Crippen molar-refractivity contribution < 1.29 is 4.74 Å². The molecule has 0 unspecified atom stereocenters. The average molecular weight is 261 g/mol. The van der Waals surface area contributed by atoms with Crippen LogP contribution in [0.1, 0.15) is 48.8 Å². The highest BCUT2D eigenvalue weighted by molar-refractivity contribution is 5.44. The molecule has 1 aromatic rings. The Labute approximate surface area is 117 Å². The van der Waals surface area contributed by atoms with Gasteiger partial charge in [0.1, 0.15) is 12.4 Å². The zero-order chi connectivity index (χ0) is 13.7. The zero-order valence-electron chi connectivity index (χ0n) is 12.6. The van der Waals surface area contributed by atoms with Gasteiger partial charge in [0.15, 0.2) is 0 Å². The fourth-order valence-electron chi connectivity index (χ4n) is 2.87. The Hall–Kier alpha value is -1.02. The van der Waals surface area contributed by atoms with E-state index < -0.39 is 0 Å².